The molecule has 0 aromatic heterocycles. The number of carbonyl (C=O) groups excluding carboxylic acids is 1. The first-order valence-corrected chi connectivity index (χ1v) is 6.68. The molecule has 4 heteroatoms. The number of amides is 1. The van der Waals surface area contributed by atoms with Crippen LogP contribution in [0.4, 0.5) is 4.79 Å². The maximum Gasteiger partial charge on any atom is 0.407 e. The van der Waals surface area contributed by atoms with Gasteiger partial charge in [0, 0.05) is 0 Å². The molecule has 0 saturated heterocycles. The fourth-order valence-corrected chi connectivity index (χ4v) is 1.94. The number of ether oxygens (including phenoxy) is 1. The summed E-state index contributed by atoms with van der Waals surface area (Å²) in [6.45, 7) is 0.209. The third kappa shape index (κ3) is 4.66. The van der Waals surface area contributed by atoms with E-state index in [-0.39, 0.29) is 19.1 Å². The van der Waals surface area contributed by atoms with E-state index in [1.54, 1.807) is 0 Å². The normalized spacial score (nSPS) is 11.2. The van der Waals surface area contributed by atoms with Crippen LogP contribution in [0.15, 0.2) is 60.7 Å². The van der Waals surface area contributed by atoms with Gasteiger partial charge in [-0.2, -0.15) is 5.26 Å². The third-order valence-electron chi connectivity index (χ3n) is 3.00. The number of carbonyl (C=O) groups is 1. The first-order valence-electron chi connectivity index (χ1n) is 6.68. The summed E-state index contributed by atoms with van der Waals surface area (Å²) in [4.78, 5) is 11.8. The van der Waals surface area contributed by atoms with Gasteiger partial charge in [-0.15, -0.1) is 0 Å². The van der Waals surface area contributed by atoms with Gasteiger partial charge in [-0.25, -0.2) is 4.79 Å². The highest BCUT2D eigenvalue weighted by Gasteiger charge is 2.14. The second-order valence-corrected chi connectivity index (χ2v) is 4.53. The molecule has 0 fully saturated rings. The molecule has 2 rings (SSSR count). The Morgan fingerprint density at radius 1 is 1.10 bits per heavy atom. The summed E-state index contributed by atoms with van der Waals surface area (Å²) in [6, 6.07) is 20.5. The van der Waals surface area contributed by atoms with Crippen molar-refractivity contribution >= 4 is 6.09 Å². The van der Waals surface area contributed by atoms with Crippen LogP contribution in [-0.2, 0) is 11.3 Å². The largest absolute Gasteiger partial charge is 0.445 e. The molecule has 0 heterocycles. The third-order valence-corrected chi connectivity index (χ3v) is 3.00. The Bertz CT molecular complexity index is 606. The number of hydrogen-bond donors (Lipinski definition) is 1. The molecule has 1 unspecified atom stereocenters. The fourth-order valence-electron chi connectivity index (χ4n) is 1.94. The maximum absolute atomic E-state index is 11.8. The second kappa shape index (κ2) is 7.71. The van der Waals surface area contributed by atoms with Crippen molar-refractivity contribution in [1.29, 1.82) is 5.26 Å². The summed E-state index contributed by atoms with van der Waals surface area (Å²) in [5.74, 6) is 0. The van der Waals surface area contributed by atoms with Crippen molar-refractivity contribution in [3.63, 3.8) is 0 Å². The summed E-state index contributed by atoms with van der Waals surface area (Å²) in [7, 11) is 0. The minimum atomic E-state index is -0.525. The zero-order valence-electron chi connectivity index (χ0n) is 11.5. The van der Waals surface area contributed by atoms with Crippen LogP contribution in [0.3, 0.4) is 0 Å². The van der Waals surface area contributed by atoms with Crippen molar-refractivity contribution in [3.8, 4) is 6.07 Å². The van der Waals surface area contributed by atoms with Gasteiger partial charge in [0.15, 0.2) is 0 Å². The number of nitriles is 1. The Morgan fingerprint density at radius 2 is 1.71 bits per heavy atom. The molecule has 0 bridgehead atoms. The standard InChI is InChI=1S/C17H16N2O2/c18-12-11-16(15-9-5-2-6-10-15)19-17(20)21-13-14-7-3-1-4-8-14/h1-10,16H,11,13H2,(H,19,20). The monoisotopic (exact) mass is 280 g/mol. The smallest absolute Gasteiger partial charge is 0.407 e. The molecule has 106 valence electrons. The molecule has 2 aromatic rings. The average molecular weight is 280 g/mol. The van der Waals surface area contributed by atoms with E-state index in [1.165, 1.54) is 0 Å². The summed E-state index contributed by atoms with van der Waals surface area (Å²) < 4.78 is 5.17. The van der Waals surface area contributed by atoms with Gasteiger partial charge in [-0.3, -0.25) is 0 Å². The molecule has 21 heavy (non-hydrogen) atoms. The van der Waals surface area contributed by atoms with E-state index in [4.69, 9.17) is 10.00 Å². The molecular formula is C17H16N2O2. The lowest BCUT2D eigenvalue weighted by Crippen LogP contribution is -2.28. The van der Waals surface area contributed by atoms with E-state index < -0.39 is 6.09 Å². The number of nitrogens with zero attached hydrogens (tertiary/aromatic N) is 1. The van der Waals surface area contributed by atoms with Crippen LogP contribution in [0, 0.1) is 11.3 Å². The highest BCUT2D eigenvalue weighted by molar-refractivity contribution is 5.68. The average Bonchev–Trinajstić information content (AvgIpc) is 2.54. The van der Waals surface area contributed by atoms with Gasteiger partial charge in [0.25, 0.3) is 0 Å². The maximum atomic E-state index is 11.8. The quantitative estimate of drug-likeness (QED) is 0.910. The van der Waals surface area contributed by atoms with Crippen LogP contribution >= 0.6 is 0 Å². The van der Waals surface area contributed by atoms with Crippen LogP contribution in [0.25, 0.3) is 0 Å². The molecule has 0 aliphatic rings. The first-order chi connectivity index (χ1) is 10.3. The minimum absolute atomic E-state index is 0.199. The Balaban J connectivity index is 1.91. The molecule has 1 amide bonds. The summed E-state index contributed by atoms with van der Waals surface area (Å²) in [6.07, 6.45) is -0.326. The van der Waals surface area contributed by atoms with Crippen LogP contribution in [0.2, 0.25) is 0 Å². The van der Waals surface area contributed by atoms with Gasteiger partial charge in [0.2, 0.25) is 0 Å². The van der Waals surface area contributed by atoms with Crippen molar-refractivity contribution in [1.82, 2.24) is 5.32 Å². The number of alkyl carbamates (subject to hydrolysis) is 1. The SMILES string of the molecule is N#CCC(NC(=O)OCc1ccccc1)c1ccccc1. The Labute approximate surface area is 124 Å². The lowest BCUT2D eigenvalue weighted by Gasteiger charge is -2.16. The molecular weight excluding hydrogens is 264 g/mol. The van der Waals surface area contributed by atoms with Crippen molar-refractivity contribution in [2.75, 3.05) is 0 Å². The molecule has 1 N–H and O–H groups in total. The number of nitrogens with one attached hydrogen (secondary N) is 1. The van der Waals surface area contributed by atoms with Crippen molar-refractivity contribution in [2.45, 2.75) is 19.1 Å². The molecule has 0 aliphatic carbocycles. The van der Waals surface area contributed by atoms with Gasteiger partial charge in [0.1, 0.15) is 6.61 Å². The van der Waals surface area contributed by atoms with E-state index in [1.807, 2.05) is 60.7 Å². The summed E-state index contributed by atoms with van der Waals surface area (Å²) >= 11 is 0. The molecule has 0 aliphatic heterocycles. The number of benzene rings is 2. The van der Waals surface area contributed by atoms with Gasteiger partial charge in [0.05, 0.1) is 18.5 Å². The molecule has 1 atom stereocenters. The Hall–Kier alpha value is -2.80. The molecule has 0 radical (unpaired) electrons. The minimum Gasteiger partial charge on any atom is -0.445 e. The van der Waals surface area contributed by atoms with Gasteiger partial charge < -0.3 is 10.1 Å². The summed E-state index contributed by atoms with van der Waals surface area (Å²) in [5, 5.41) is 11.6. The van der Waals surface area contributed by atoms with E-state index >= 15 is 0 Å². The molecule has 4 nitrogen and oxygen atoms in total. The Kier molecular flexibility index (Phi) is 5.36. The van der Waals surface area contributed by atoms with Crippen molar-refractivity contribution < 1.29 is 9.53 Å². The van der Waals surface area contributed by atoms with Gasteiger partial charge in [-0.1, -0.05) is 60.7 Å². The van der Waals surface area contributed by atoms with E-state index in [0.717, 1.165) is 11.1 Å². The fraction of sp³-hybridized carbons (Fsp3) is 0.176. The van der Waals surface area contributed by atoms with Gasteiger partial charge >= 0.3 is 6.09 Å². The Morgan fingerprint density at radius 3 is 2.33 bits per heavy atom. The van der Waals surface area contributed by atoms with Crippen LogP contribution < -0.4 is 5.32 Å². The number of hydrogen-bond acceptors (Lipinski definition) is 3. The zero-order chi connectivity index (χ0) is 14.9. The van der Waals surface area contributed by atoms with Crippen LogP contribution in [-0.4, -0.2) is 6.09 Å². The van der Waals surface area contributed by atoms with E-state index in [9.17, 15) is 4.79 Å². The van der Waals surface area contributed by atoms with Crippen molar-refractivity contribution in [2.24, 2.45) is 0 Å². The number of rotatable bonds is 5. The molecule has 0 saturated carbocycles. The first kappa shape index (κ1) is 14.6. The zero-order valence-corrected chi connectivity index (χ0v) is 11.5. The lowest BCUT2D eigenvalue weighted by molar-refractivity contribution is 0.135. The molecule has 2 aromatic carbocycles. The second-order valence-electron chi connectivity index (χ2n) is 4.53. The predicted molar refractivity (Wildman–Crippen MR) is 79.2 cm³/mol. The van der Waals surface area contributed by atoms with Crippen molar-refractivity contribution in [3.05, 3.63) is 71.8 Å². The highest BCUT2D eigenvalue weighted by Crippen LogP contribution is 2.16. The highest BCUT2D eigenvalue weighted by atomic mass is 16.5. The summed E-state index contributed by atoms with van der Waals surface area (Å²) in [5.41, 5.74) is 1.81. The lowest BCUT2D eigenvalue weighted by atomic mass is 10.1. The predicted octanol–water partition coefficient (Wildman–Crippen LogP) is 3.57. The molecule has 0 spiro atoms. The van der Waals surface area contributed by atoms with E-state index in [0.29, 0.717) is 0 Å². The van der Waals surface area contributed by atoms with E-state index in [2.05, 4.69) is 11.4 Å². The van der Waals surface area contributed by atoms with Crippen LogP contribution in [0.1, 0.15) is 23.6 Å². The van der Waals surface area contributed by atoms with Crippen LogP contribution in [0.5, 0.6) is 0 Å². The van der Waals surface area contributed by atoms with Gasteiger partial charge in [-0.05, 0) is 11.1 Å². The topological polar surface area (TPSA) is 62.1 Å².